The lowest BCUT2D eigenvalue weighted by Gasteiger charge is -2.41. The van der Waals surface area contributed by atoms with Crippen molar-refractivity contribution in [2.45, 2.75) is 62.8 Å². The van der Waals surface area contributed by atoms with E-state index in [9.17, 15) is 13.2 Å². The van der Waals surface area contributed by atoms with Crippen LogP contribution in [-0.4, -0.2) is 94.1 Å². The van der Waals surface area contributed by atoms with E-state index in [4.69, 9.17) is 32.8 Å². The number of ether oxygens (including phenoxy) is 1. The van der Waals surface area contributed by atoms with E-state index in [0.29, 0.717) is 53.1 Å². The molecule has 52 heavy (non-hydrogen) atoms. The number of piperazine rings is 1. The predicted molar refractivity (Wildman–Crippen MR) is 202 cm³/mol. The van der Waals surface area contributed by atoms with Crippen LogP contribution in [0.4, 0.5) is 0 Å². The molecule has 2 fully saturated rings. The van der Waals surface area contributed by atoms with Gasteiger partial charge in [0, 0.05) is 54.4 Å². The number of carbonyl (C=O) groups is 2. The average molecular weight is 776 g/mol. The second-order valence-corrected chi connectivity index (χ2v) is 16.7. The Balaban J connectivity index is 1.67. The van der Waals surface area contributed by atoms with Crippen molar-refractivity contribution in [3.05, 3.63) is 93.0 Å². The van der Waals surface area contributed by atoms with Crippen molar-refractivity contribution in [3.63, 3.8) is 0 Å². The molecule has 15 heteroatoms. The maximum Gasteiger partial charge on any atom is 0.262 e. The molecule has 3 aromatic rings. The molecule has 2 heterocycles. The highest BCUT2D eigenvalue weighted by atomic mass is 35.5. The van der Waals surface area contributed by atoms with Gasteiger partial charge in [0.15, 0.2) is 5.66 Å². The Labute approximate surface area is 316 Å². The van der Waals surface area contributed by atoms with Crippen LogP contribution in [0.3, 0.4) is 0 Å². The molecule has 3 N–H and O–H groups in total. The molecule has 3 aromatic carbocycles. The highest BCUT2D eigenvalue weighted by molar-refractivity contribution is 7.89. The first-order chi connectivity index (χ1) is 24.5. The van der Waals surface area contributed by atoms with Crippen LogP contribution in [0, 0.1) is 6.92 Å². The second kappa shape index (κ2) is 16.0. The van der Waals surface area contributed by atoms with E-state index < -0.39 is 33.3 Å². The Morgan fingerprint density at radius 1 is 0.942 bits per heavy atom. The number of halogens is 2. The molecule has 2 aliphatic heterocycles. The van der Waals surface area contributed by atoms with Crippen molar-refractivity contribution < 1.29 is 27.6 Å². The van der Waals surface area contributed by atoms with Crippen LogP contribution in [0.5, 0.6) is 5.75 Å². The number of nitrogens with one attached hydrogen (secondary N) is 3. The standard InChI is InChI=1S/C37H48Cl2N6O6S/c1-8-51-30-21-24(2)31(52(48,49)42-36(3,4)5)22-29(30)37(35(47)45-19-17-44(18-20-45)23-32(46)43(6)50-7)40-33(25-9-13-27(38)14-10-25)34(41-37)26-11-15-28(39)16-12-26/h9-16,21-22,33-34,40-42H,8,17-20,23H2,1-7H3/t33-,34+,37?. The SMILES string of the molecule is CCOc1cc(C)c(S(=O)(=O)NC(C)(C)C)cc1C1(C(=O)N2CCN(CC(=O)N(C)OC)CC2)N[C@H](c2ccc(Cl)cc2)[C@H](c2ccc(Cl)cc2)N1. The number of likely N-dealkylation sites (N-methyl/N-ethyl adjacent to an activating group) is 1. The van der Waals surface area contributed by atoms with Gasteiger partial charge in [0.1, 0.15) is 5.75 Å². The average Bonchev–Trinajstić information content (AvgIpc) is 3.49. The smallest absolute Gasteiger partial charge is 0.262 e. The molecule has 2 aliphatic rings. The number of amides is 2. The summed E-state index contributed by atoms with van der Waals surface area (Å²) in [6, 6.07) is 17.0. The lowest BCUT2D eigenvalue weighted by Crippen LogP contribution is -2.62. The van der Waals surface area contributed by atoms with Crippen molar-refractivity contribution in [3.8, 4) is 5.75 Å². The number of rotatable bonds is 11. The molecule has 0 bridgehead atoms. The van der Waals surface area contributed by atoms with Crippen molar-refractivity contribution in [1.29, 1.82) is 0 Å². The Hall–Kier alpha value is -3.27. The van der Waals surface area contributed by atoms with E-state index in [1.165, 1.54) is 12.2 Å². The fraction of sp³-hybridized carbons (Fsp3) is 0.459. The first kappa shape index (κ1) is 39.9. The number of nitrogens with zero attached hydrogens (tertiary/aromatic N) is 3. The minimum atomic E-state index is -4.05. The highest BCUT2D eigenvalue weighted by Gasteiger charge is 2.55. The van der Waals surface area contributed by atoms with Crippen molar-refractivity contribution in [2.24, 2.45) is 0 Å². The maximum atomic E-state index is 15.3. The normalized spacial score (nSPS) is 21.3. The van der Waals surface area contributed by atoms with Crippen LogP contribution < -0.4 is 20.1 Å². The molecule has 1 unspecified atom stereocenters. The molecule has 0 aliphatic carbocycles. The first-order valence-electron chi connectivity index (χ1n) is 17.2. The summed E-state index contributed by atoms with van der Waals surface area (Å²) < 4.78 is 36.9. The van der Waals surface area contributed by atoms with Gasteiger partial charge < -0.3 is 9.64 Å². The number of hydrogen-bond donors (Lipinski definition) is 3. The number of sulfonamides is 1. The summed E-state index contributed by atoms with van der Waals surface area (Å²) in [6.07, 6.45) is 0. The molecular formula is C37H48Cl2N6O6S. The molecule has 12 nitrogen and oxygen atoms in total. The fourth-order valence-corrected chi connectivity index (χ4v) is 8.60. The molecule has 0 aromatic heterocycles. The van der Waals surface area contributed by atoms with E-state index in [1.54, 1.807) is 76.0 Å². The minimum Gasteiger partial charge on any atom is -0.493 e. The number of hydroxylamine groups is 2. The zero-order chi connectivity index (χ0) is 38.0. The van der Waals surface area contributed by atoms with Gasteiger partial charge >= 0.3 is 0 Å². The molecule has 2 amide bonds. The molecule has 0 spiro atoms. The van der Waals surface area contributed by atoms with Gasteiger partial charge in [-0.2, -0.15) is 0 Å². The molecule has 282 valence electrons. The lowest BCUT2D eigenvalue weighted by molar-refractivity contribution is -0.170. The number of benzene rings is 3. The number of aryl methyl sites for hydroxylation is 1. The summed E-state index contributed by atoms with van der Waals surface area (Å²) in [5.74, 6) is -0.158. The van der Waals surface area contributed by atoms with Gasteiger partial charge in [-0.3, -0.25) is 30.0 Å². The molecule has 2 saturated heterocycles. The van der Waals surface area contributed by atoms with E-state index in [-0.39, 0.29) is 29.9 Å². The third-order valence-corrected chi connectivity index (χ3v) is 11.6. The van der Waals surface area contributed by atoms with E-state index >= 15 is 4.79 Å². The van der Waals surface area contributed by atoms with Crippen LogP contribution in [-0.2, 0) is 30.1 Å². The second-order valence-electron chi connectivity index (χ2n) is 14.1. The number of hydrogen-bond acceptors (Lipinski definition) is 9. The Morgan fingerprint density at radius 2 is 1.46 bits per heavy atom. The zero-order valence-electron chi connectivity index (χ0n) is 30.6. The Morgan fingerprint density at radius 3 is 1.92 bits per heavy atom. The maximum absolute atomic E-state index is 15.3. The largest absolute Gasteiger partial charge is 0.493 e. The van der Waals surface area contributed by atoms with Gasteiger partial charge in [-0.25, -0.2) is 18.2 Å². The first-order valence-corrected chi connectivity index (χ1v) is 19.4. The molecule has 5 rings (SSSR count). The zero-order valence-corrected chi connectivity index (χ0v) is 33.0. The Bertz CT molecular complexity index is 1810. The minimum absolute atomic E-state index is 0.0280. The summed E-state index contributed by atoms with van der Waals surface area (Å²) in [5, 5.41) is 9.63. The fourth-order valence-electron chi connectivity index (χ4n) is 6.68. The van der Waals surface area contributed by atoms with E-state index in [2.05, 4.69) is 15.4 Å². The summed E-state index contributed by atoms with van der Waals surface area (Å²) >= 11 is 12.6. The lowest BCUT2D eigenvalue weighted by atomic mass is 9.95. The molecule has 0 saturated carbocycles. The summed E-state index contributed by atoms with van der Waals surface area (Å²) in [6.45, 7) is 10.8. The van der Waals surface area contributed by atoms with Crippen molar-refractivity contribution >= 4 is 45.0 Å². The van der Waals surface area contributed by atoms with E-state index in [1.807, 2.05) is 36.1 Å². The Kier molecular flexibility index (Phi) is 12.3. The molecular weight excluding hydrogens is 727 g/mol. The van der Waals surface area contributed by atoms with Gasteiger partial charge in [-0.15, -0.1) is 0 Å². The van der Waals surface area contributed by atoms with Gasteiger partial charge in [-0.1, -0.05) is 47.5 Å². The third kappa shape index (κ3) is 8.74. The van der Waals surface area contributed by atoms with Gasteiger partial charge in [0.25, 0.3) is 11.8 Å². The van der Waals surface area contributed by atoms with Crippen LogP contribution >= 0.6 is 23.2 Å². The van der Waals surface area contributed by atoms with Crippen LogP contribution in [0.25, 0.3) is 0 Å². The summed E-state index contributed by atoms with van der Waals surface area (Å²) in [5.41, 5.74) is 0.0580. The molecule has 0 radical (unpaired) electrons. The van der Waals surface area contributed by atoms with Gasteiger partial charge in [0.2, 0.25) is 10.0 Å². The monoisotopic (exact) mass is 774 g/mol. The van der Waals surface area contributed by atoms with Crippen LogP contribution in [0.2, 0.25) is 10.0 Å². The van der Waals surface area contributed by atoms with Crippen LogP contribution in [0.1, 0.15) is 62.0 Å². The van der Waals surface area contributed by atoms with Gasteiger partial charge in [-0.05, 0) is 87.7 Å². The van der Waals surface area contributed by atoms with Gasteiger partial charge in [0.05, 0.1) is 37.2 Å². The molecule has 3 atom stereocenters. The van der Waals surface area contributed by atoms with Crippen molar-refractivity contribution in [2.75, 3.05) is 53.5 Å². The quantitative estimate of drug-likeness (QED) is 0.236. The van der Waals surface area contributed by atoms with E-state index in [0.717, 1.165) is 11.1 Å². The van der Waals surface area contributed by atoms with Crippen molar-refractivity contribution in [1.82, 2.24) is 30.2 Å². The topological polar surface area (TPSA) is 133 Å². The highest BCUT2D eigenvalue weighted by Crippen LogP contribution is 2.46. The third-order valence-electron chi connectivity index (χ3n) is 9.21. The summed E-state index contributed by atoms with van der Waals surface area (Å²) in [4.78, 5) is 36.7. The number of carbonyl (C=O) groups excluding carboxylic acids is 2. The summed E-state index contributed by atoms with van der Waals surface area (Å²) in [7, 11) is -1.06. The predicted octanol–water partition coefficient (Wildman–Crippen LogP) is 4.77. The van der Waals surface area contributed by atoms with Crippen LogP contribution in [0.15, 0.2) is 65.6 Å².